The molecular formula is C19H26N6O2. The fourth-order valence-corrected chi connectivity index (χ4v) is 3.14. The van der Waals surface area contributed by atoms with Crippen LogP contribution in [0.2, 0.25) is 0 Å². The number of rotatable bonds is 4. The molecule has 1 unspecified atom stereocenters. The molecule has 2 N–H and O–H groups in total. The number of aromatic nitrogens is 2. The van der Waals surface area contributed by atoms with Gasteiger partial charge in [-0.1, -0.05) is 30.3 Å². The number of aliphatic hydroxyl groups excluding tert-OH is 1. The summed E-state index contributed by atoms with van der Waals surface area (Å²) in [6, 6.07) is 9.56. The van der Waals surface area contributed by atoms with Crippen LogP contribution in [0.15, 0.2) is 52.5 Å². The van der Waals surface area contributed by atoms with E-state index in [4.69, 9.17) is 0 Å². The Bertz CT molecular complexity index is 828. The van der Waals surface area contributed by atoms with Crippen LogP contribution in [0.1, 0.15) is 11.7 Å². The van der Waals surface area contributed by atoms with Gasteiger partial charge in [-0.2, -0.15) is 0 Å². The lowest BCUT2D eigenvalue weighted by Gasteiger charge is -2.36. The third-order valence-corrected chi connectivity index (χ3v) is 4.73. The van der Waals surface area contributed by atoms with Crippen molar-refractivity contribution in [2.75, 3.05) is 44.7 Å². The molecule has 1 aromatic heterocycles. The normalized spacial score (nSPS) is 16.3. The van der Waals surface area contributed by atoms with Crippen LogP contribution in [0, 0.1) is 0 Å². The van der Waals surface area contributed by atoms with E-state index in [1.165, 1.54) is 0 Å². The van der Waals surface area contributed by atoms with Crippen LogP contribution in [-0.4, -0.2) is 65.3 Å². The third kappa shape index (κ3) is 4.46. The average molecular weight is 370 g/mol. The molecule has 27 heavy (non-hydrogen) atoms. The van der Waals surface area contributed by atoms with Crippen LogP contribution in [0.3, 0.4) is 0 Å². The van der Waals surface area contributed by atoms with Gasteiger partial charge in [0.15, 0.2) is 11.8 Å². The maximum atomic E-state index is 12.2. The molecule has 0 radical (unpaired) electrons. The summed E-state index contributed by atoms with van der Waals surface area (Å²) in [6.07, 6.45) is 2.71. The minimum atomic E-state index is -0.597. The Labute approximate surface area is 158 Å². The van der Waals surface area contributed by atoms with Crippen molar-refractivity contribution in [3.63, 3.8) is 0 Å². The summed E-state index contributed by atoms with van der Waals surface area (Å²) < 4.78 is 1.54. The van der Waals surface area contributed by atoms with Crippen molar-refractivity contribution >= 4 is 11.8 Å². The SMILES string of the molecule is CN=C(NCC(O)c1ccccc1)N1CCN(c2nccn(C)c2=O)CC1. The summed E-state index contributed by atoms with van der Waals surface area (Å²) in [5.74, 6) is 1.24. The van der Waals surface area contributed by atoms with Gasteiger partial charge in [-0.15, -0.1) is 0 Å². The van der Waals surface area contributed by atoms with Crippen molar-refractivity contribution in [3.05, 3.63) is 58.6 Å². The average Bonchev–Trinajstić information content (AvgIpc) is 2.71. The quantitative estimate of drug-likeness (QED) is 0.591. The van der Waals surface area contributed by atoms with E-state index in [0.29, 0.717) is 25.5 Å². The molecule has 8 heteroatoms. The second kappa shape index (κ2) is 8.68. The Balaban J connectivity index is 1.56. The van der Waals surface area contributed by atoms with E-state index in [1.54, 1.807) is 31.1 Å². The highest BCUT2D eigenvalue weighted by atomic mass is 16.3. The zero-order chi connectivity index (χ0) is 19.2. The Hall–Kier alpha value is -2.87. The standard InChI is InChI=1S/C19H26N6O2/c1-20-19(22-14-16(26)15-6-4-3-5-7-15)25-12-10-24(11-13-25)17-18(27)23(2)9-8-21-17/h3-9,16,26H,10-14H2,1-2H3,(H,20,22). The van der Waals surface area contributed by atoms with Gasteiger partial charge in [-0.25, -0.2) is 4.98 Å². The first-order valence-electron chi connectivity index (χ1n) is 9.05. The number of hydrogen-bond donors (Lipinski definition) is 2. The zero-order valence-corrected chi connectivity index (χ0v) is 15.7. The second-order valence-corrected chi connectivity index (χ2v) is 6.50. The third-order valence-electron chi connectivity index (χ3n) is 4.73. The molecule has 1 atom stereocenters. The topological polar surface area (TPSA) is 86.0 Å². The smallest absolute Gasteiger partial charge is 0.293 e. The predicted octanol–water partition coefficient (Wildman–Crippen LogP) is 0.211. The summed E-state index contributed by atoms with van der Waals surface area (Å²) in [7, 11) is 3.46. The number of hydrogen-bond acceptors (Lipinski definition) is 5. The molecule has 144 valence electrons. The summed E-state index contributed by atoms with van der Waals surface area (Å²) >= 11 is 0. The molecule has 0 saturated carbocycles. The van der Waals surface area contributed by atoms with Crippen LogP contribution >= 0.6 is 0 Å². The lowest BCUT2D eigenvalue weighted by atomic mass is 10.1. The van der Waals surface area contributed by atoms with Crippen molar-refractivity contribution in [1.82, 2.24) is 19.8 Å². The first kappa shape index (κ1) is 18.9. The Morgan fingerprint density at radius 1 is 1.26 bits per heavy atom. The molecule has 2 heterocycles. The van der Waals surface area contributed by atoms with Gasteiger partial charge < -0.3 is 24.8 Å². The molecular weight excluding hydrogens is 344 g/mol. The van der Waals surface area contributed by atoms with Gasteiger partial charge in [0.2, 0.25) is 0 Å². The molecule has 1 fully saturated rings. The van der Waals surface area contributed by atoms with Crippen LogP contribution < -0.4 is 15.8 Å². The molecule has 1 aliphatic rings. The summed E-state index contributed by atoms with van der Waals surface area (Å²) in [5, 5.41) is 13.6. The monoisotopic (exact) mass is 370 g/mol. The van der Waals surface area contributed by atoms with Gasteiger partial charge in [-0.05, 0) is 5.56 Å². The van der Waals surface area contributed by atoms with Gasteiger partial charge >= 0.3 is 0 Å². The lowest BCUT2D eigenvalue weighted by molar-refractivity contribution is 0.179. The molecule has 3 rings (SSSR count). The van der Waals surface area contributed by atoms with E-state index < -0.39 is 6.10 Å². The Morgan fingerprint density at radius 3 is 2.63 bits per heavy atom. The number of benzene rings is 1. The highest BCUT2D eigenvalue weighted by molar-refractivity contribution is 5.80. The minimum absolute atomic E-state index is 0.0839. The van der Waals surface area contributed by atoms with E-state index in [0.717, 1.165) is 24.6 Å². The maximum absolute atomic E-state index is 12.2. The summed E-state index contributed by atoms with van der Waals surface area (Å²) in [4.78, 5) is 24.9. The molecule has 8 nitrogen and oxygen atoms in total. The van der Waals surface area contributed by atoms with Crippen molar-refractivity contribution < 1.29 is 5.11 Å². The van der Waals surface area contributed by atoms with Gasteiger partial charge in [0.05, 0.1) is 6.10 Å². The number of aryl methyl sites for hydroxylation is 1. The van der Waals surface area contributed by atoms with Gasteiger partial charge in [0.1, 0.15) is 0 Å². The van der Waals surface area contributed by atoms with E-state index in [-0.39, 0.29) is 5.56 Å². The number of guanidine groups is 1. The first-order valence-corrected chi connectivity index (χ1v) is 9.05. The molecule has 1 aliphatic heterocycles. The van der Waals surface area contributed by atoms with E-state index >= 15 is 0 Å². The maximum Gasteiger partial charge on any atom is 0.293 e. The zero-order valence-electron chi connectivity index (χ0n) is 15.7. The predicted molar refractivity (Wildman–Crippen MR) is 106 cm³/mol. The van der Waals surface area contributed by atoms with E-state index in [2.05, 4.69) is 20.2 Å². The molecule has 1 aromatic carbocycles. The van der Waals surface area contributed by atoms with Crippen LogP contribution in [0.4, 0.5) is 5.82 Å². The van der Waals surface area contributed by atoms with E-state index in [1.807, 2.05) is 35.2 Å². The number of nitrogens with one attached hydrogen (secondary N) is 1. The number of anilines is 1. The molecule has 0 spiro atoms. The lowest BCUT2D eigenvalue weighted by Crippen LogP contribution is -2.54. The summed E-state index contributed by atoms with van der Waals surface area (Å²) in [6.45, 7) is 3.21. The minimum Gasteiger partial charge on any atom is -0.387 e. The number of aliphatic hydroxyl groups is 1. The van der Waals surface area contributed by atoms with Crippen molar-refractivity contribution in [3.8, 4) is 0 Å². The number of nitrogens with zero attached hydrogens (tertiary/aromatic N) is 5. The fraction of sp³-hybridized carbons (Fsp3) is 0.421. The molecule has 0 aliphatic carbocycles. The molecule has 0 amide bonds. The number of piperazine rings is 1. The van der Waals surface area contributed by atoms with E-state index in [9.17, 15) is 9.90 Å². The van der Waals surface area contributed by atoms with Crippen LogP contribution in [-0.2, 0) is 7.05 Å². The highest BCUT2D eigenvalue weighted by Crippen LogP contribution is 2.12. The van der Waals surface area contributed by atoms with Crippen LogP contribution in [0.25, 0.3) is 0 Å². The highest BCUT2D eigenvalue weighted by Gasteiger charge is 2.22. The first-order chi connectivity index (χ1) is 13.1. The van der Waals surface area contributed by atoms with Gasteiger partial charge in [0.25, 0.3) is 5.56 Å². The largest absolute Gasteiger partial charge is 0.387 e. The van der Waals surface area contributed by atoms with Gasteiger partial charge in [0, 0.05) is 59.2 Å². The van der Waals surface area contributed by atoms with Crippen LogP contribution in [0.5, 0.6) is 0 Å². The van der Waals surface area contributed by atoms with Crippen molar-refractivity contribution in [2.24, 2.45) is 12.0 Å². The van der Waals surface area contributed by atoms with Crippen molar-refractivity contribution in [2.45, 2.75) is 6.10 Å². The Kier molecular flexibility index (Phi) is 6.08. The number of aliphatic imine (C=N–C) groups is 1. The second-order valence-electron chi connectivity index (χ2n) is 6.50. The summed E-state index contributed by atoms with van der Waals surface area (Å²) in [5.41, 5.74) is 0.788. The van der Waals surface area contributed by atoms with Crippen molar-refractivity contribution in [1.29, 1.82) is 0 Å². The molecule has 0 bridgehead atoms. The fourth-order valence-electron chi connectivity index (χ4n) is 3.14. The molecule has 1 saturated heterocycles. The Morgan fingerprint density at radius 2 is 1.96 bits per heavy atom. The van der Waals surface area contributed by atoms with Gasteiger partial charge in [-0.3, -0.25) is 9.79 Å². The molecule has 2 aromatic rings.